The summed E-state index contributed by atoms with van der Waals surface area (Å²) in [7, 11) is 0. The minimum absolute atomic E-state index is 0.00789. The Balaban J connectivity index is 2.18. The average Bonchev–Trinajstić information content (AvgIpc) is 2.76. The summed E-state index contributed by atoms with van der Waals surface area (Å²) >= 11 is 3.35. The normalized spacial score (nSPS) is 20.1. The molecule has 0 aromatic heterocycles. The second-order valence-corrected chi connectivity index (χ2v) is 4.90. The van der Waals surface area contributed by atoms with Gasteiger partial charge in [-0.15, -0.1) is 0 Å². The number of hydrogen-bond acceptors (Lipinski definition) is 2. The van der Waals surface area contributed by atoms with Crippen LogP contribution in [0, 0.1) is 0 Å². The van der Waals surface area contributed by atoms with E-state index >= 15 is 0 Å². The van der Waals surface area contributed by atoms with E-state index in [9.17, 15) is 9.90 Å². The number of benzene rings is 1. The van der Waals surface area contributed by atoms with Gasteiger partial charge in [0.15, 0.2) is 0 Å². The highest BCUT2D eigenvalue weighted by Gasteiger charge is 2.28. The Bertz CT molecular complexity index is 394. The fourth-order valence-corrected chi connectivity index (χ4v) is 2.48. The number of carbonyl (C=O) groups excluding carboxylic acids is 1. The molecule has 1 heterocycles. The van der Waals surface area contributed by atoms with Crippen LogP contribution < -0.4 is 0 Å². The van der Waals surface area contributed by atoms with Crippen LogP contribution in [0.25, 0.3) is 0 Å². The second kappa shape index (κ2) is 4.97. The van der Waals surface area contributed by atoms with E-state index in [1.54, 1.807) is 11.0 Å². The second-order valence-electron chi connectivity index (χ2n) is 3.99. The molecule has 0 radical (unpaired) electrons. The molecule has 1 aliphatic rings. The van der Waals surface area contributed by atoms with Crippen molar-refractivity contribution in [2.75, 3.05) is 13.2 Å². The number of amides is 1. The van der Waals surface area contributed by atoms with Crippen molar-refractivity contribution in [3.63, 3.8) is 0 Å². The molecule has 0 saturated carbocycles. The summed E-state index contributed by atoms with van der Waals surface area (Å²) in [5.74, 6) is 0.0119. The van der Waals surface area contributed by atoms with Crippen molar-refractivity contribution in [3.05, 3.63) is 34.3 Å². The van der Waals surface area contributed by atoms with Crippen molar-refractivity contribution in [2.45, 2.75) is 18.9 Å². The number of likely N-dealkylation sites (tertiary alicyclic amines) is 1. The zero-order valence-electron chi connectivity index (χ0n) is 8.90. The molecule has 1 N–H and O–H groups in total. The summed E-state index contributed by atoms with van der Waals surface area (Å²) in [6.45, 7) is 0.802. The van der Waals surface area contributed by atoms with Crippen molar-refractivity contribution in [1.82, 2.24) is 4.90 Å². The molecular weight excluding hydrogens is 270 g/mol. The molecule has 1 amide bonds. The van der Waals surface area contributed by atoms with Crippen LogP contribution in [-0.2, 0) is 0 Å². The van der Waals surface area contributed by atoms with Crippen molar-refractivity contribution < 1.29 is 9.90 Å². The van der Waals surface area contributed by atoms with Crippen molar-refractivity contribution >= 4 is 21.8 Å². The zero-order valence-corrected chi connectivity index (χ0v) is 10.5. The molecule has 0 aliphatic carbocycles. The number of halogens is 1. The lowest BCUT2D eigenvalue weighted by Crippen LogP contribution is -2.37. The van der Waals surface area contributed by atoms with E-state index in [1.165, 1.54) is 0 Å². The maximum atomic E-state index is 12.2. The predicted molar refractivity (Wildman–Crippen MR) is 65.3 cm³/mol. The Kier molecular flexibility index (Phi) is 3.61. The fraction of sp³-hybridized carbons (Fsp3) is 0.417. The molecule has 2 rings (SSSR count). The quantitative estimate of drug-likeness (QED) is 0.903. The Morgan fingerprint density at radius 1 is 1.56 bits per heavy atom. The number of hydrogen-bond donors (Lipinski definition) is 1. The molecule has 3 nitrogen and oxygen atoms in total. The first-order chi connectivity index (χ1) is 7.72. The Labute approximate surface area is 103 Å². The molecule has 1 fully saturated rings. The van der Waals surface area contributed by atoms with Crippen LogP contribution >= 0.6 is 15.9 Å². The topological polar surface area (TPSA) is 40.5 Å². The van der Waals surface area contributed by atoms with Crippen molar-refractivity contribution in [2.24, 2.45) is 0 Å². The van der Waals surface area contributed by atoms with E-state index in [4.69, 9.17) is 0 Å². The number of carbonyl (C=O) groups is 1. The number of nitrogens with zero attached hydrogens (tertiary/aromatic N) is 1. The molecule has 0 spiro atoms. The number of aliphatic hydroxyl groups is 1. The van der Waals surface area contributed by atoms with Gasteiger partial charge in [0, 0.05) is 16.6 Å². The van der Waals surface area contributed by atoms with Gasteiger partial charge >= 0.3 is 0 Å². The Morgan fingerprint density at radius 3 is 3.06 bits per heavy atom. The monoisotopic (exact) mass is 283 g/mol. The largest absolute Gasteiger partial charge is 0.394 e. The maximum Gasteiger partial charge on any atom is 0.254 e. The summed E-state index contributed by atoms with van der Waals surface area (Å²) < 4.78 is 0.901. The molecule has 86 valence electrons. The van der Waals surface area contributed by atoms with Crippen LogP contribution in [0.3, 0.4) is 0 Å². The van der Waals surface area contributed by atoms with Crippen LogP contribution in [0.1, 0.15) is 23.2 Å². The van der Waals surface area contributed by atoms with Crippen LogP contribution in [0.4, 0.5) is 0 Å². The Hall–Kier alpha value is -0.870. The zero-order chi connectivity index (χ0) is 11.5. The molecule has 1 aliphatic heterocycles. The third kappa shape index (κ3) is 2.28. The molecule has 4 heteroatoms. The predicted octanol–water partition coefficient (Wildman–Crippen LogP) is 2.05. The van der Waals surface area contributed by atoms with E-state index in [0.29, 0.717) is 5.56 Å². The van der Waals surface area contributed by atoms with Crippen LogP contribution in [0.15, 0.2) is 28.7 Å². The van der Waals surface area contributed by atoms with Gasteiger partial charge < -0.3 is 10.0 Å². The molecule has 0 bridgehead atoms. The minimum atomic E-state index is -0.00789. The van der Waals surface area contributed by atoms with E-state index in [-0.39, 0.29) is 18.6 Å². The maximum absolute atomic E-state index is 12.2. The van der Waals surface area contributed by atoms with Gasteiger partial charge in [-0.05, 0) is 31.0 Å². The first kappa shape index (κ1) is 11.6. The lowest BCUT2D eigenvalue weighted by molar-refractivity contribution is 0.0677. The molecule has 1 aromatic carbocycles. The van der Waals surface area contributed by atoms with Crippen LogP contribution in [0.5, 0.6) is 0 Å². The summed E-state index contributed by atoms with van der Waals surface area (Å²) in [6, 6.07) is 7.35. The highest BCUT2D eigenvalue weighted by molar-refractivity contribution is 9.10. The van der Waals surface area contributed by atoms with Gasteiger partial charge in [0.25, 0.3) is 5.91 Å². The third-order valence-corrected chi connectivity index (χ3v) is 3.41. The fourth-order valence-electron chi connectivity index (χ4n) is 2.08. The van der Waals surface area contributed by atoms with Crippen molar-refractivity contribution in [3.8, 4) is 0 Å². The van der Waals surface area contributed by atoms with Gasteiger partial charge in [0.05, 0.1) is 12.6 Å². The average molecular weight is 284 g/mol. The molecular formula is C12H14BrNO2. The first-order valence-corrected chi connectivity index (χ1v) is 6.19. The SMILES string of the molecule is O=C(c1cccc(Br)c1)N1CCCC1CO. The summed E-state index contributed by atoms with van der Waals surface area (Å²) in [5, 5.41) is 9.18. The smallest absolute Gasteiger partial charge is 0.254 e. The lowest BCUT2D eigenvalue weighted by Gasteiger charge is -2.23. The molecule has 1 aromatic rings. The van der Waals surface area contributed by atoms with Crippen LogP contribution in [0.2, 0.25) is 0 Å². The number of rotatable bonds is 2. The minimum Gasteiger partial charge on any atom is -0.394 e. The first-order valence-electron chi connectivity index (χ1n) is 5.40. The summed E-state index contributed by atoms with van der Waals surface area (Å²) in [6.07, 6.45) is 1.88. The van der Waals surface area contributed by atoms with Gasteiger partial charge in [-0.3, -0.25) is 4.79 Å². The third-order valence-electron chi connectivity index (χ3n) is 2.92. The number of aliphatic hydroxyl groups excluding tert-OH is 1. The van der Waals surface area contributed by atoms with Gasteiger partial charge in [-0.1, -0.05) is 22.0 Å². The Morgan fingerprint density at radius 2 is 2.38 bits per heavy atom. The molecule has 1 saturated heterocycles. The highest BCUT2D eigenvalue weighted by Crippen LogP contribution is 2.21. The molecule has 16 heavy (non-hydrogen) atoms. The standard InChI is InChI=1S/C12H14BrNO2/c13-10-4-1-3-9(7-10)12(16)14-6-2-5-11(14)8-15/h1,3-4,7,11,15H,2,5-6,8H2. The van der Waals surface area contributed by atoms with Gasteiger partial charge in [-0.2, -0.15) is 0 Å². The van der Waals surface area contributed by atoms with Gasteiger partial charge in [0.2, 0.25) is 0 Å². The lowest BCUT2D eigenvalue weighted by atomic mass is 10.2. The van der Waals surface area contributed by atoms with Gasteiger partial charge in [-0.25, -0.2) is 0 Å². The van der Waals surface area contributed by atoms with E-state index in [2.05, 4.69) is 15.9 Å². The van der Waals surface area contributed by atoms with E-state index < -0.39 is 0 Å². The summed E-state index contributed by atoms with van der Waals surface area (Å²) in [4.78, 5) is 13.9. The van der Waals surface area contributed by atoms with E-state index in [1.807, 2.05) is 18.2 Å². The molecule has 1 atom stereocenters. The van der Waals surface area contributed by atoms with Crippen molar-refractivity contribution in [1.29, 1.82) is 0 Å². The summed E-state index contributed by atoms with van der Waals surface area (Å²) in [5.41, 5.74) is 0.676. The van der Waals surface area contributed by atoms with Gasteiger partial charge in [0.1, 0.15) is 0 Å². The molecule has 1 unspecified atom stereocenters. The van der Waals surface area contributed by atoms with E-state index in [0.717, 1.165) is 23.9 Å². The highest BCUT2D eigenvalue weighted by atomic mass is 79.9. The van der Waals surface area contributed by atoms with Crippen LogP contribution in [-0.4, -0.2) is 35.1 Å².